The van der Waals surface area contributed by atoms with E-state index >= 15 is 0 Å². The van der Waals surface area contributed by atoms with Crippen molar-refractivity contribution in [2.75, 3.05) is 0 Å². The predicted octanol–water partition coefficient (Wildman–Crippen LogP) is 6.36. The molecule has 0 aromatic carbocycles. The van der Waals surface area contributed by atoms with Gasteiger partial charge in [0.2, 0.25) is 0 Å². The van der Waals surface area contributed by atoms with Crippen LogP contribution in [0.3, 0.4) is 0 Å². The fourth-order valence-electron chi connectivity index (χ4n) is 2.11. The van der Waals surface area contributed by atoms with Crippen molar-refractivity contribution in [3.63, 3.8) is 0 Å². The van der Waals surface area contributed by atoms with Gasteiger partial charge in [0.25, 0.3) is 0 Å². The second-order valence-electron chi connectivity index (χ2n) is 6.16. The smallest absolute Gasteiger partial charge is 0.0944 e. The van der Waals surface area contributed by atoms with Crippen molar-refractivity contribution in [2.24, 2.45) is 0 Å². The lowest BCUT2D eigenvalue weighted by atomic mass is 10.0. The molecule has 0 aromatic heterocycles. The van der Waals surface area contributed by atoms with E-state index in [0.29, 0.717) is 23.4 Å². The highest BCUT2D eigenvalue weighted by Crippen LogP contribution is 2.16. The molecule has 0 heterocycles. The highest BCUT2D eigenvalue weighted by Gasteiger charge is 2.06. The molecule has 0 bridgehead atoms. The summed E-state index contributed by atoms with van der Waals surface area (Å²) >= 11 is 6.13. The number of nitriles is 1. The van der Waals surface area contributed by atoms with Crippen LogP contribution >= 0.6 is 11.6 Å². The third kappa shape index (κ3) is 12.9. The average Bonchev–Trinajstić information content (AvgIpc) is 2.51. The number of aliphatic hydroxyl groups is 1. The minimum absolute atomic E-state index is 0.310. The minimum atomic E-state index is -0.715. The minimum Gasteiger partial charge on any atom is -0.389 e. The van der Waals surface area contributed by atoms with Gasteiger partial charge in [-0.2, -0.15) is 5.26 Å². The van der Waals surface area contributed by atoms with E-state index in [9.17, 15) is 10.4 Å². The fraction of sp³-hybridized carbons (Fsp3) is 0.476. The Morgan fingerprint density at radius 2 is 1.83 bits per heavy atom. The maximum Gasteiger partial charge on any atom is 0.0944 e. The molecule has 1 N–H and O–H groups in total. The van der Waals surface area contributed by atoms with Crippen LogP contribution in [0.25, 0.3) is 0 Å². The van der Waals surface area contributed by atoms with Crippen molar-refractivity contribution in [1.29, 1.82) is 5.26 Å². The number of aliphatic hydroxyl groups excluding tert-OH is 1. The van der Waals surface area contributed by atoms with Crippen molar-refractivity contribution in [3.8, 4) is 6.07 Å². The first kappa shape index (κ1) is 22.4. The van der Waals surface area contributed by atoms with Crippen LogP contribution < -0.4 is 0 Å². The van der Waals surface area contributed by atoms with Crippen LogP contribution in [0.5, 0.6) is 0 Å². The van der Waals surface area contributed by atoms with E-state index < -0.39 is 6.10 Å². The Kier molecular flexibility index (Phi) is 12.9. The highest BCUT2D eigenvalue weighted by atomic mass is 35.5. The topological polar surface area (TPSA) is 44.0 Å². The molecule has 1 unspecified atom stereocenters. The fourth-order valence-corrected chi connectivity index (χ4v) is 2.36. The van der Waals surface area contributed by atoms with Crippen LogP contribution in [0.15, 0.2) is 58.7 Å². The zero-order chi connectivity index (χ0) is 18.4. The van der Waals surface area contributed by atoms with Crippen LogP contribution in [0.4, 0.5) is 0 Å². The molecule has 3 heteroatoms. The Hall–Kier alpha value is -1.56. The van der Waals surface area contributed by atoms with E-state index in [1.54, 1.807) is 6.08 Å². The summed E-state index contributed by atoms with van der Waals surface area (Å²) < 4.78 is 0. The summed E-state index contributed by atoms with van der Waals surface area (Å²) in [6, 6.07) is 2.16. The van der Waals surface area contributed by atoms with Crippen LogP contribution in [0.2, 0.25) is 0 Å². The van der Waals surface area contributed by atoms with Crippen LogP contribution in [0, 0.1) is 11.3 Å². The highest BCUT2D eigenvalue weighted by molar-refractivity contribution is 6.29. The van der Waals surface area contributed by atoms with E-state index in [0.717, 1.165) is 25.7 Å². The van der Waals surface area contributed by atoms with Gasteiger partial charge in [0, 0.05) is 17.0 Å². The van der Waals surface area contributed by atoms with Gasteiger partial charge in [-0.1, -0.05) is 47.1 Å². The molecule has 0 saturated carbocycles. The molecule has 132 valence electrons. The SMILES string of the molecule is C=CC/C=C(\C)CC/C=C(\C#N)CC(O)/C=C(\Cl)CCC=C(C)C. The van der Waals surface area contributed by atoms with Gasteiger partial charge in [-0.05, 0) is 59.0 Å². The second kappa shape index (κ2) is 13.8. The van der Waals surface area contributed by atoms with Crippen molar-refractivity contribution in [2.45, 2.75) is 65.4 Å². The lowest BCUT2D eigenvalue weighted by Gasteiger charge is -2.06. The first-order valence-electron chi connectivity index (χ1n) is 8.42. The lowest BCUT2D eigenvalue weighted by Crippen LogP contribution is -2.04. The number of allylic oxidation sites excluding steroid dienone is 7. The number of hydrogen-bond donors (Lipinski definition) is 1. The first-order valence-corrected chi connectivity index (χ1v) is 8.80. The summed E-state index contributed by atoms with van der Waals surface area (Å²) in [7, 11) is 0. The molecule has 0 aliphatic rings. The quantitative estimate of drug-likeness (QED) is 0.349. The molecule has 24 heavy (non-hydrogen) atoms. The zero-order valence-corrected chi connectivity index (χ0v) is 15.9. The summed E-state index contributed by atoms with van der Waals surface area (Å²) in [5, 5.41) is 19.9. The van der Waals surface area contributed by atoms with Crippen LogP contribution in [0.1, 0.15) is 59.3 Å². The summed E-state index contributed by atoms with van der Waals surface area (Å²) in [5.74, 6) is 0. The molecule has 0 spiro atoms. The molecule has 0 aromatic rings. The molecule has 0 aliphatic carbocycles. The van der Waals surface area contributed by atoms with E-state index in [4.69, 9.17) is 11.6 Å². The van der Waals surface area contributed by atoms with Crippen molar-refractivity contribution in [1.82, 2.24) is 0 Å². The molecular formula is C21H30ClNO. The van der Waals surface area contributed by atoms with Gasteiger partial charge < -0.3 is 5.11 Å². The van der Waals surface area contributed by atoms with Gasteiger partial charge >= 0.3 is 0 Å². The van der Waals surface area contributed by atoms with Crippen molar-refractivity contribution in [3.05, 3.63) is 58.7 Å². The van der Waals surface area contributed by atoms with Gasteiger partial charge in [-0.25, -0.2) is 0 Å². The lowest BCUT2D eigenvalue weighted by molar-refractivity contribution is 0.224. The molecule has 0 aliphatic heterocycles. The van der Waals surface area contributed by atoms with Crippen molar-refractivity contribution < 1.29 is 5.11 Å². The van der Waals surface area contributed by atoms with Gasteiger partial charge in [0.15, 0.2) is 0 Å². The van der Waals surface area contributed by atoms with Gasteiger partial charge in [-0.3, -0.25) is 0 Å². The van der Waals surface area contributed by atoms with Gasteiger partial charge in [0.1, 0.15) is 0 Å². The molecule has 0 saturated heterocycles. The molecule has 1 atom stereocenters. The van der Waals surface area contributed by atoms with E-state index in [-0.39, 0.29) is 0 Å². The number of hydrogen-bond acceptors (Lipinski definition) is 2. The largest absolute Gasteiger partial charge is 0.389 e. The summed E-state index contributed by atoms with van der Waals surface area (Å²) in [5.41, 5.74) is 3.14. The molecule has 0 amide bonds. The van der Waals surface area contributed by atoms with Crippen LogP contribution in [-0.4, -0.2) is 11.2 Å². The molecule has 0 rings (SSSR count). The third-order valence-corrected chi connectivity index (χ3v) is 3.76. The summed E-state index contributed by atoms with van der Waals surface area (Å²) in [6.45, 7) is 9.86. The second-order valence-corrected chi connectivity index (χ2v) is 6.65. The Morgan fingerprint density at radius 3 is 2.42 bits per heavy atom. The van der Waals surface area contributed by atoms with Gasteiger partial charge in [0.05, 0.1) is 12.2 Å². The normalized spacial score (nSPS) is 14.1. The van der Waals surface area contributed by atoms with E-state index in [1.165, 1.54) is 11.1 Å². The molecule has 2 nitrogen and oxygen atoms in total. The molecule has 0 radical (unpaired) electrons. The first-order chi connectivity index (χ1) is 11.4. The zero-order valence-electron chi connectivity index (χ0n) is 15.2. The predicted molar refractivity (Wildman–Crippen MR) is 105 cm³/mol. The maximum absolute atomic E-state index is 10.1. The summed E-state index contributed by atoms with van der Waals surface area (Å²) in [6.07, 6.45) is 13.4. The molecular weight excluding hydrogens is 318 g/mol. The molecule has 0 fully saturated rings. The maximum atomic E-state index is 10.1. The Labute approximate surface area is 152 Å². The number of nitrogens with zero attached hydrogens (tertiary/aromatic N) is 1. The third-order valence-electron chi connectivity index (χ3n) is 3.44. The van der Waals surface area contributed by atoms with Crippen molar-refractivity contribution >= 4 is 11.6 Å². The van der Waals surface area contributed by atoms with E-state index in [2.05, 4.69) is 31.7 Å². The van der Waals surface area contributed by atoms with Crippen LogP contribution in [-0.2, 0) is 0 Å². The standard InChI is InChI=1S/C21H30ClNO/c1-5-6-10-18(4)11-8-12-19(16-23)14-21(24)15-20(22)13-7-9-17(2)3/h5,9-10,12,15,21,24H,1,6-8,11,13-14H2,2-4H3/b18-10+,19-12-,20-15-. The number of rotatable bonds is 11. The summed E-state index contributed by atoms with van der Waals surface area (Å²) in [4.78, 5) is 0. The van der Waals surface area contributed by atoms with Gasteiger partial charge in [-0.15, -0.1) is 6.58 Å². The number of halogens is 1. The Morgan fingerprint density at radius 1 is 1.17 bits per heavy atom. The van der Waals surface area contributed by atoms with E-state index in [1.807, 2.05) is 26.0 Å². The monoisotopic (exact) mass is 347 g/mol. The average molecular weight is 348 g/mol. The Balaban J connectivity index is 4.44. The Bertz CT molecular complexity index is 543.